The fourth-order valence-corrected chi connectivity index (χ4v) is 3.42. The summed E-state index contributed by atoms with van der Waals surface area (Å²) in [6.07, 6.45) is 11.5. The molecule has 3 rings (SSSR count). The standard InChI is InChI=1S/C14H22N4/c1-4-14(6-9-15-10-7-14)5-2-12(1)18-13-3-8-16-11-17-13/h3,8,11-12,15H,1-2,4-7,9-10H2,(H,16,17,18). The monoisotopic (exact) mass is 246 g/mol. The SMILES string of the molecule is c1cc(NC2CCC3(CCNCC3)CC2)ncn1. The van der Waals surface area contributed by atoms with E-state index in [-0.39, 0.29) is 0 Å². The van der Waals surface area contributed by atoms with Gasteiger partial charge in [-0.2, -0.15) is 0 Å². The highest BCUT2D eigenvalue weighted by Crippen LogP contribution is 2.43. The van der Waals surface area contributed by atoms with Crippen LogP contribution in [0.3, 0.4) is 0 Å². The van der Waals surface area contributed by atoms with E-state index in [1.807, 2.05) is 6.07 Å². The second-order valence-corrected chi connectivity index (χ2v) is 5.76. The van der Waals surface area contributed by atoms with Crippen LogP contribution in [0.15, 0.2) is 18.6 Å². The Bertz CT molecular complexity index is 363. The first-order chi connectivity index (χ1) is 8.86. The number of hydrogen-bond acceptors (Lipinski definition) is 4. The lowest BCUT2D eigenvalue weighted by atomic mass is 9.67. The van der Waals surface area contributed by atoms with Gasteiger partial charge >= 0.3 is 0 Å². The van der Waals surface area contributed by atoms with Crippen LogP contribution in [-0.4, -0.2) is 29.1 Å². The van der Waals surface area contributed by atoms with Gasteiger partial charge in [0.25, 0.3) is 0 Å². The van der Waals surface area contributed by atoms with Gasteiger partial charge in [0, 0.05) is 12.2 Å². The molecule has 1 saturated heterocycles. The average molecular weight is 246 g/mol. The number of nitrogens with one attached hydrogen (secondary N) is 2. The summed E-state index contributed by atoms with van der Waals surface area (Å²) in [6.45, 7) is 2.42. The third kappa shape index (κ3) is 2.64. The molecule has 0 aromatic carbocycles. The van der Waals surface area contributed by atoms with Crippen molar-refractivity contribution in [2.75, 3.05) is 18.4 Å². The summed E-state index contributed by atoms with van der Waals surface area (Å²) in [5.41, 5.74) is 0.648. The van der Waals surface area contributed by atoms with Gasteiger partial charge in [-0.25, -0.2) is 9.97 Å². The molecule has 2 heterocycles. The molecule has 0 unspecified atom stereocenters. The van der Waals surface area contributed by atoms with E-state index in [4.69, 9.17) is 0 Å². The number of nitrogens with zero attached hydrogens (tertiary/aromatic N) is 2. The lowest BCUT2D eigenvalue weighted by Gasteiger charge is -2.43. The summed E-state index contributed by atoms with van der Waals surface area (Å²) in [5.74, 6) is 0.969. The van der Waals surface area contributed by atoms with Crippen molar-refractivity contribution in [3.05, 3.63) is 18.6 Å². The first-order valence-corrected chi connectivity index (χ1v) is 7.10. The maximum atomic E-state index is 4.24. The summed E-state index contributed by atoms with van der Waals surface area (Å²) >= 11 is 0. The first kappa shape index (κ1) is 11.9. The Labute approximate surface area is 109 Å². The molecule has 2 fully saturated rings. The number of anilines is 1. The molecule has 0 radical (unpaired) electrons. The van der Waals surface area contributed by atoms with Gasteiger partial charge in [0.05, 0.1) is 0 Å². The van der Waals surface area contributed by atoms with Crippen LogP contribution in [0.1, 0.15) is 38.5 Å². The fourth-order valence-electron chi connectivity index (χ4n) is 3.42. The van der Waals surface area contributed by atoms with E-state index >= 15 is 0 Å². The minimum absolute atomic E-state index is 0.598. The highest BCUT2D eigenvalue weighted by Gasteiger charge is 2.36. The molecular weight excluding hydrogens is 224 g/mol. The molecule has 2 N–H and O–H groups in total. The molecule has 18 heavy (non-hydrogen) atoms. The van der Waals surface area contributed by atoms with E-state index in [2.05, 4.69) is 20.6 Å². The van der Waals surface area contributed by atoms with Crippen LogP contribution < -0.4 is 10.6 Å². The third-order valence-corrected chi connectivity index (χ3v) is 4.64. The molecule has 1 aromatic heterocycles. The van der Waals surface area contributed by atoms with Crippen molar-refractivity contribution in [1.82, 2.24) is 15.3 Å². The highest BCUT2D eigenvalue weighted by atomic mass is 15.0. The van der Waals surface area contributed by atoms with Crippen LogP contribution in [0.5, 0.6) is 0 Å². The van der Waals surface area contributed by atoms with Gasteiger partial charge in [0.1, 0.15) is 12.1 Å². The Hall–Kier alpha value is -1.16. The molecular formula is C14H22N4. The van der Waals surface area contributed by atoms with Crippen molar-refractivity contribution in [2.24, 2.45) is 5.41 Å². The van der Waals surface area contributed by atoms with Gasteiger partial charge in [-0.15, -0.1) is 0 Å². The van der Waals surface area contributed by atoms with E-state index in [1.54, 1.807) is 12.5 Å². The summed E-state index contributed by atoms with van der Waals surface area (Å²) in [5, 5.41) is 7.01. The van der Waals surface area contributed by atoms with Crippen LogP contribution in [0, 0.1) is 5.41 Å². The maximum absolute atomic E-state index is 4.24. The Morgan fingerprint density at radius 2 is 1.94 bits per heavy atom. The van der Waals surface area contributed by atoms with E-state index < -0.39 is 0 Å². The largest absolute Gasteiger partial charge is 0.367 e. The second-order valence-electron chi connectivity index (χ2n) is 5.76. The van der Waals surface area contributed by atoms with Crippen LogP contribution in [-0.2, 0) is 0 Å². The van der Waals surface area contributed by atoms with Crippen LogP contribution in [0.25, 0.3) is 0 Å². The second kappa shape index (κ2) is 5.22. The van der Waals surface area contributed by atoms with E-state index in [1.165, 1.54) is 51.6 Å². The van der Waals surface area contributed by atoms with Gasteiger partial charge in [-0.05, 0) is 63.1 Å². The third-order valence-electron chi connectivity index (χ3n) is 4.64. The summed E-state index contributed by atoms with van der Waals surface area (Å²) in [7, 11) is 0. The molecule has 2 aliphatic rings. The number of hydrogen-bond donors (Lipinski definition) is 2. The Morgan fingerprint density at radius 1 is 1.17 bits per heavy atom. The topological polar surface area (TPSA) is 49.8 Å². The lowest BCUT2D eigenvalue weighted by Crippen LogP contribution is -2.41. The average Bonchev–Trinajstić information content (AvgIpc) is 2.44. The van der Waals surface area contributed by atoms with Crippen LogP contribution in [0.4, 0.5) is 5.82 Å². The molecule has 1 aromatic rings. The molecule has 0 atom stereocenters. The van der Waals surface area contributed by atoms with E-state index in [0.717, 1.165) is 5.82 Å². The number of piperidine rings is 1. The summed E-state index contributed by atoms with van der Waals surface area (Å²) < 4.78 is 0. The minimum atomic E-state index is 0.598. The van der Waals surface area contributed by atoms with Crippen molar-refractivity contribution in [3.63, 3.8) is 0 Å². The quantitative estimate of drug-likeness (QED) is 0.840. The van der Waals surface area contributed by atoms with Gasteiger partial charge in [-0.3, -0.25) is 0 Å². The van der Waals surface area contributed by atoms with Crippen molar-refractivity contribution < 1.29 is 0 Å². The van der Waals surface area contributed by atoms with E-state index in [0.29, 0.717) is 11.5 Å². The zero-order valence-electron chi connectivity index (χ0n) is 10.9. The predicted molar refractivity (Wildman–Crippen MR) is 72.4 cm³/mol. The molecule has 4 nitrogen and oxygen atoms in total. The molecule has 98 valence electrons. The minimum Gasteiger partial charge on any atom is -0.367 e. The van der Waals surface area contributed by atoms with Gasteiger partial charge < -0.3 is 10.6 Å². The number of aromatic nitrogens is 2. The van der Waals surface area contributed by atoms with Crippen molar-refractivity contribution in [2.45, 2.75) is 44.6 Å². The molecule has 1 spiro atoms. The van der Waals surface area contributed by atoms with Crippen LogP contribution in [0.2, 0.25) is 0 Å². The fraction of sp³-hybridized carbons (Fsp3) is 0.714. The maximum Gasteiger partial charge on any atom is 0.129 e. The molecule has 0 bridgehead atoms. The summed E-state index contributed by atoms with van der Waals surface area (Å²) in [6, 6.07) is 2.55. The van der Waals surface area contributed by atoms with E-state index in [9.17, 15) is 0 Å². The summed E-state index contributed by atoms with van der Waals surface area (Å²) in [4.78, 5) is 8.19. The molecule has 4 heteroatoms. The Balaban J connectivity index is 1.54. The van der Waals surface area contributed by atoms with Crippen LogP contribution >= 0.6 is 0 Å². The van der Waals surface area contributed by atoms with Crippen molar-refractivity contribution in [1.29, 1.82) is 0 Å². The Kier molecular flexibility index (Phi) is 3.46. The van der Waals surface area contributed by atoms with Gasteiger partial charge in [-0.1, -0.05) is 0 Å². The first-order valence-electron chi connectivity index (χ1n) is 7.10. The lowest BCUT2D eigenvalue weighted by molar-refractivity contribution is 0.128. The molecule has 1 aliphatic heterocycles. The molecule has 0 amide bonds. The normalized spacial score (nSPS) is 24.0. The Morgan fingerprint density at radius 3 is 2.61 bits per heavy atom. The van der Waals surface area contributed by atoms with Gasteiger partial charge in [0.15, 0.2) is 0 Å². The zero-order chi connectivity index (χ0) is 12.3. The van der Waals surface area contributed by atoms with Gasteiger partial charge in [0.2, 0.25) is 0 Å². The smallest absolute Gasteiger partial charge is 0.129 e. The van der Waals surface area contributed by atoms with Crippen molar-refractivity contribution in [3.8, 4) is 0 Å². The molecule has 1 saturated carbocycles. The van der Waals surface area contributed by atoms with Crippen molar-refractivity contribution >= 4 is 5.82 Å². The predicted octanol–water partition coefficient (Wildman–Crippen LogP) is 2.20. The number of rotatable bonds is 2. The zero-order valence-corrected chi connectivity index (χ0v) is 10.9. The highest BCUT2D eigenvalue weighted by molar-refractivity contribution is 5.33. The molecule has 1 aliphatic carbocycles.